The van der Waals surface area contributed by atoms with E-state index in [2.05, 4.69) is 17.2 Å². The lowest BCUT2D eigenvalue weighted by molar-refractivity contribution is 0.280. The Kier molecular flexibility index (Phi) is 4.08. The highest BCUT2D eigenvalue weighted by molar-refractivity contribution is 5.78. The highest BCUT2D eigenvalue weighted by Gasteiger charge is 2.21. The summed E-state index contributed by atoms with van der Waals surface area (Å²) in [5.74, 6) is 2.50. The van der Waals surface area contributed by atoms with Gasteiger partial charge in [0.15, 0.2) is 5.96 Å². The van der Waals surface area contributed by atoms with Crippen LogP contribution in [0.4, 0.5) is 0 Å². The normalized spacial score (nSPS) is 31.4. The van der Waals surface area contributed by atoms with Crippen LogP contribution in [0.3, 0.4) is 0 Å². The third kappa shape index (κ3) is 4.03. The predicted octanol–water partition coefficient (Wildman–Crippen LogP) is 2.27. The van der Waals surface area contributed by atoms with E-state index in [-0.39, 0.29) is 0 Å². The smallest absolute Gasteiger partial charge is 0.188 e. The van der Waals surface area contributed by atoms with Crippen molar-refractivity contribution >= 4 is 5.96 Å². The molecule has 0 aliphatic heterocycles. The van der Waals surface area contributed by atoms with Crippen LogP contribution in [0.15, 0.2) is 4.99 Å². The van der Waals surface area contributed by atoms with E-state index < -0.39 is 0 Å². The molecule has 0 heterocycles. The molecule has 2 fully saturated rings. The van der Waals surface area contributed by atoms with Crippen molar-refractivity contribution in [1.29, 1.82) is 0 Å². The first-order valence-corrected chi connectivity index (χ1v) is 6.80. The van der Waals surface area contributed by atoms with Gasteiger partial charge in [0.1, 0.15) is 0 Å². The highest BCUT2D eigenvalue weighted by atomic mass is 15.1. The molecule has 92 valence electrons. The number of nitrogens with one attached hydrogen (secondary N) is 1. The lowest BCUT2D eigenvalue weighted by Gasteiger charge is -2.25. The molecule has 0 bridgehead atoms. The average Bonchev–Trinajstić information content (AvgIpc) is 3.05. The molecule has 2 rings (SSSR count). The number of nitrogens with zero attached hydrogens (tertiary/aromatic N) is 1. The summed E-state index contributed by atoms with van der Waals surface area (Å²) >= 11 is 0. The molecule has 0 aromatic rings. The Labute approximate surface area is 98.9 Å². The third-order valence-electron chi connectivity index (χ3n) is 3.88. The minimum Gasteiger partial charge on any atom is -0.370 e. The van der Waals surface area contributed by atoms with Crippen molar-refractivity contribution in [1.82, 2.24) is 5.32 Å². The molecule has 0 radical (unpaired) electrons. The van der Waals surface area contributed by atoms with Crippen LogP contribution in [0.25, 0.3) is 0 Å². The molecule has 0 spiro atoms. The largest absolute Gasteiger partial charge is 0.370 e. The molecule has 16 heavy (non-hydrogen) atoms. The zero-order chi connectivity index (χ0) is 11.4. The fraction of sp³-hybridized carbons (Fsp3) is 0.923. The van der Waals surface area contributed by atoms with E-state index in [9.17, 15) is 0 Å². The van der Waals surface area contributed by atoms with Crippen molar-refractivity contribution in [3.8, 4) is 0 Å². The highest BCUT2D eigenvalue weighted by Crippen LogP contribution is 2.30. The Morgan fingerprint density at radius 2 is 1.88 bits per heavy atom. The molecule has 2 saturated carbocycles. The van der Waals surface area contributed by atoms with E-state index in [4.69, 9.17) is 5.73 Å². The van der Waals surface area contributed by atoms with Gasteiger partial charge in [-0.05, 0) is 31.1 Å². The Hall–Kier alpha value is -0.730. The van der Waals surface area contributed by atoms with Crippen LogP contribution < -0.4 is 11.1 Å². The van der Waals surface area contributed by atoms with Crippen LogP contribution in [-0.2, 0) is 0 Å². The average molecular weight is 223 g/mol. The van der Waals surface area contributed by atoms with Crippen LogP contribution >= 0.6 is 0 Å². The maximum atomic E-state index is 5.79. The number of guanidine groups is 1. The van der Waals surface area contributed by atoms with Crippen LogP contribution in [0, 0.1) is 11.8 Å². The van der Waals surface area contributed by atoms with Crippen molar-refractivity contribution in [2.45, 2.75) is 57.9 Å². The zero-order valence-corrected chi connectivity index (χ0v) is 10.4. The van der Waals surface area contributed by atoms with Crippen LogP contribution in [0.5, 0.6) is 0 Å². The SMILES string of the molecule is CC1CCC(CCN=C(N)NC2CC2)CC1. The van der Waals surface area contributed by atoms with E-state index in [0.29, 0.717) is 12.0 Å². The van der Waals surface area contributed by atoms with Crippen molar-refractivity contribution in [2.24, 2.45) is 22.6 Å². The first-order chi connectivity index (χ1) is 7.74. The molecule has 0 saturated heterocycles. The van der Waals surface area contributed by atoms with Gasteiger partial charge in [0, 0.05) is 12.6 Å². The molecule has 3 N–H and O–H groups in total. The molecule has 0 aromatic carbocycles. The fourth-order valence-electron chi connectivity index (χ4n) is 2.47. The molecule has 0 aromatic heterocycles. The molecule has 2 aliphatic carbocycles. The second-order valence-electron chi connectivity index (χ2n) is 5.60. The lowest BCUT2D eigenvalue weighted by Crippen LogP contribution is -2.33. The molecular weight excluding hydrogens is 198 g/mol. The van der Waals surface area contributed by atoms with Gasteiger partial charge in [0.25, 0.3) is 0 Å². The van der Waals surface area contributed by atoms with E-state index in [1.54, 1.807) is 0 Å². The molecule has 3 heteroatoms. The summed E-state index contributed by atoms with van der Waals surface area (Å²) in [5, 5.41) is 3.23. The van der Waals surface area contributed by atoms with Crippen molar-refractivity contribution < 1.29 is 0 Å². The van der Waals surface area contributed by atoms with Crippen molar-refractivity contribution in [3.63, 3.8) is 0 Å². The van der Waals surface area contributed by atoms with Gasteiger partial charge < -0.3 is 11.1 Å². The first-order valence-electron chi connectivity index (χ1n) is 6.80. The lowest BCUT2D eigenvalue weighted by atomic mass is 9.81. The second-order valence-corrected chi connectivity index (χ2v) is 5.60. The predicted molar refractivity (Wildman–Crippen MR) is 68.4 cm³/mol. The maximum Gasteiger partial charge on any atom is 0.188 e. The number of hydrogen-bond acceptors (Lipinski definition) is 1. The Bertz CT molecular complexity index is 238. The number of aliphatic imine (C=N–C) groups is 1. The topological polar surface area (TPSA) is 50.4 Å². The van der Waals surface area contributed by atoms with Crippen LogP contribution in [0.2, 0.25) is 0 Å². The van der Waals surface area contributed by atoms with Gasteiger partial charge in [-0.2, -0.15) is 0 Å². The van der Waals surface area contributed by atoms with Gasteiger partial charge in [0.2, 0.25) is 0 Å². The summed E-state index contributed by atoms with van der Waals surface area (Å²) in [6, 6.07) is 0.624. The van der Waals surface area contributed by atoms with E-state index in [1.165, 1.54) is 44.9 Å². The summed E-state index contributed by atoms with van der Waals surface area (Å²) in [4.78, 5) is 4.40. The summed E-state index contributed by atoms with van der Waals surface area (Å²) in [6.07, 6.45) is 9.35. The number of hydrogen-bond donors (Lipinski definition) is 2. The van der Waals surface area contributed by atoms with Gasteiger partial charge in [-0.15, -0.1) is 0 Å². The maximum absolute atomic E-state index is 5.79. The summed E-state index contributed by atoms with van der Waals surface area (Å²) in [5.41, 5.74) is 5.79. The quantitative estimate of drug-likeness (QED) is 0.567. The van der Waals surface area contributed by atoms with Gasteiger partial charge in [-0.25, -0.2) is 0 Å². The zero-order valence-electron chi connectivity index (χ0n) is 10.4. The number of rotatable bonds is 4. The first kappa shape index (κ1) is 11.7. The minimum atomic E-state index is 0.624. The molecule has 0 unspecified atom stereocenters. The van der Waals surface area contributed by atoms with Gasteiger partial charge in [-0.3, -0.25) is 4.99 Å². The molecule has 2 aliphatic rings. The van der Waals surface area contributed by atoms with Crippen molar-refractivity contribution in [2.75, 3.05) is 6.54 Å². The summed E-state index contributed by atoms with van der Waals surface area (Å²) in [7, 11) is 0. The minimum absolute atomic E-state index is 0.624. The van der Waals surface area contributed by atoms with E-state index in [0.717, 1.165) is 18.4 Å². The summed E-state index contributed by atoms with van der Waals surface area (Å²) < 4.78 is 0. The van der Waals surface area contributed by atoms with E-state index in [1.807, 2.05) is 0 Å². The third-order valence-corrected chi connectivity index (χ3v) is 3.88. The standard InChI is InChI=1S/C13H25N3/c1-10-2-4-11(5-3-10)8-9-15-13(14)16-12-6-7-12/h10-12H,2-9H2,1H3,(H3,14,15,16). The fourth-order valence-corrected chi connectivity index (χ4v) is 2.47. The summed E-state index contributed by atoms with van der Waals surface area (Å²) in [6.45, 7) is 3.27. The van der Waals surface area contributed by atoms with Gasteiger partial charge >= 0.3 is 0 Å². The Balaban J connectivity index is 1.59. The van der Waals surface area contributed by atoms with E-state index >= 15 is 0 Å². The molecule has 0 amide bonds. The van der Waals surface area contributed by atoms with Gasteiger partial charge in [-0.1, -0.05) is 32.6 Å². The van der Waals surface area contributed by atoms with Crippen LogP contribution in [-0.4, -0.2) is 18.5 Å². The van der Waals surface area contributed by atoms with Gasteiger partial charge in [0.05, 0.1) is 0 Å². The molecule has 0 atom stereocenters. The van der Waals surface area contributed by atoms with Crippen LogP contribution in [0.1, 0.15) is 51.9 Å². The Morgan fingerprint density at radius 1 is 1.19 bits per heavy atom. The van der Waals surface area contributed by atoms with Crippen molar-refractivity contribution in [3.05, 3.63) is 0 Å². The second kappa shape index (κ2) is 5.55. The monoisotopic (exact) mass is 223 g/mol. The molecule has 3 nitrogen and oxygen atoms in total. The Morgan fingerprint density at radius 3 is 2.50 bits per heavy atom. The molecular formula is C13H25N3. The number of nitrogens with two attached hydrogens (primary N) is 1.